The van der Waals surface area contributed by atoms with Crippen LogP contribution >= 0.6 is 0 Å². The summed E-state index contributed by atoms with van der Waals surface area (Å²) < 4.78 is 28.6. The van der Waals surface area contributed by atoms with E-state index >= 15 is 0 Å². The molecular formula is C26H29N3O5S. The molecule has 0 radical (unpaired) electrons. The fourth-order valence-electron chi connectivity index (χ4n) is 6.20. The highest BCUT2D eigenvalue weighted by Crippen LogP contribution is 2.42. The van der Waals surface area contributed by atoms with Gasteiger partial charge in [-0.25, -0.2) is 8.42 Å². The zero-order valence-electron chi connectivity index (χ0n) is 19.7. The number of benzene rings is 2. The summed E-state index contributed by atoms with van der Waals surface area (Å²) in [5, 5.41) is 1.78. The minimum atomic E-state index is -3.87. The molecule has 184 valence electrons. The third-order valence-corrected chi connectivity index (χ3v) is 10.1. The average Bonchev–Trinajstić information content (AvgIpc) is 3.33. The Morgan fingerprint density at radius 1 is 0.914 bits per heavy atom. The van der Waals surface area contributed by atoms with Crippen molar-refractivity contribution in [2.75, 3.05) is 13.1 Å². The molecule has 4 fully saturated rings. The fourth-order valence-corrected chi connectivity index (χ4v) is 7.88. The lowest BCUT2D eigenvalue weighted by Crippen LogP contribution is -2.51. The summed E-state index contributed by atoms with van der Waals surface area (Å²) in [6.07, 6.45) is 3.25. The number of hydrogen-bond donors (Lipinski definition) is 0. The molecule has 0 N–H and O–H groups in total. The zero-order chi connectivity index (χ0) is 24.5. The van der Waals surface area contributed by atoms with Gasteiger partial charge in [-0.15, -0.1) is 0 Å². The van der Waals surface area contributed by atoms with Crippen LogP contribution in [-0.4, -0.2) is 71.5 Å². The molecule has 4 atom stereocenters. The molecule has 1 saturated carbocycles. The van der Waals surface area contributed by atoms with Gasteiger partial charge in [-0.05, 0) is 55.0 Å². The molecule has 0 spiro atoms. The van der Waals surface area contributed by atoms with Gasteiger partial charge >= 0.3 is 0 Å². The first-order chi connectivity index (χ1) is 16.8. The van der Waals surface area contributed by atoms with E-state index in [0.29, 0.717) is 25.8 Å². The fraction of sp³-hybridized carbons (Fsp3) is 0.500. The normalized spacial score (nSPS) is 29.2. The number of sulfonamides is 1. The van der Waals surface area contributed by atoms with Crippen molar-refractivity contribution in [1.29, 1.82) is 0 Å². The van der Waals surface area contributed by atoms with Crippen LogP contribution in [0.2, 0.25) is 0 Å². The van der Waals surface area contributed by atoms with E-state index in [1.807, 2.05) is 24.3 Å². The van der Waals surface area contributed by atoms with Gasteiger partial charge in [-0.3, -0.25) is 19.3 Å². The second-order valence-electron chi connectivity index (χ2n) is 10.3. The molecule has 2 aromatic carbocycles. The van der Waals surface area contributed by atoms with Crippen LogP contribution in [0.3, 0.4) is 0 Å². The molecule has 9 heteroatoms. The Kier molecular flexibility index (Phi) is 5.27. The Balaban J connectivity index is 1.26. The Hall–Kier alpha value is -2.78. The van der Waals surface area contributed by atoms with Gasteiger partial charge in [0.05, 0.1) is 22.9 Å². The smallest absolute Gasteiger partial charge is 0.243 e. The highest BCUT2D eigenvalue weighted by Gasteiger charge is 2.57. The molecule has 6 rings (SSSR count). The van der Waals surface area contributed by atoms with Crippen molar-refractivity contribution in [3.63, 3.8) is 0 Å². The number of nitrogens with zero attached hydrogens (tertiary/aromatic N) is 3. The molecule has 2 aromatic rings. The first kappa shape index (κ1) is 22.7. The average molecular weight is 496 g/mol. The van der Waals surface area contributed by atoms with Crippen LogP contribution in [0.1, 0.15) is 39.0 Å². The third-order valence-electron chi connectivity index (χ3n) is 8.15. The van der Waals surface area contributed by atoms with Crippen LogP contribution < -0.4 is 0 Å². The van der Waals surface area contributed by atoms with E-state index in [0.717, 1.165) is 23.6 Å². The second-order valence-corrected chi connectivity index (χ2v) is 12.2. The Labute approximate surface area is 204 Å². The standard InChI is InChI=1S/C26H29N3O5S/c1-16-23-21(29(24(16)30)25(31)18-8-9-18)12-14-27(23)26(32)22-7-4-13-28(22)35(33,34)20-11-10-17-5-2-3-6-19(17)15-20/h2-3,5-6,10-11,15-16,18,21-23H,4,7-9,12-14H2,1H3/t16-,21-,22-,23+/m0/s1. The number of rotatable bonds is 4. The lowest BCUT2D eigenvalue weighted by Gasteiger charge is -2.31. The molecule has 3 amide bonds. The summed E-state index contributed by atoms with van der Waals surface area (Å²) >= 11 is 0. The minimum absolute atomic E-state index is 0.0629. The van der Waals surface area contributed by atoms with Crippen LogP contribution in [0.5, 0.6) is 0 Å². The zero-order valence-corrected chi connectivity index (χ0v) is 20.5. The molecule has 1 aliphatic carbocycles. The van der Waals surface area contributed by atoms with Gasteiger partial charge in [0.1, 0.15) is 6.04 Å². The molecule has 3 aliphatic heterocycles. The van der Waals surface area contributed by atoms with Gasteiger partial charge in [0.25, 0.3) is 0 Å². The monoisotopic (exact) mass is 495 g/mol. The Bertz CT molecular complexity index is 1340. The predicted octanol–water partition coefficient (Wildman–Crippen LogP) is 2.38. The lowest BCUT2D eigenvalue weighted by atomic mass is 10.0. The summed E-state index contributed by atoms with van der Waals surface area (Å²) in [5.74, 6) is -1.10. The highest BCUT2D eigenvalue weighted by atomic mass is 32.2. The first-order valence-corrected chi connectivity index (χ1v) is 13.9. The van der Waals surface area contributed by atoms with Crippen molar-refractivity contribution in [3.8, 4) is 0 Å². The molecule has 35 heavy (non-hydrogen) atoms. The molecule has 3 saturated heterocycles. The molecule has 8 nitrogen and oxygen atoms in total. The van der Waals surface area contributed by atoms with E-state index in [2.05, 4.69) is 0 Å². The van der Waals surface area contributed by atoms with E-state index < -0.39 is 22.0 Å². The SMILES string of the molecule is C[C@@H]1C(=O)N(C(=O)C2CC2)[C@H]2CCN(C(=O)[C@@H]3CCCN3S(=O)(=O)c3ccc4ccccc4c3)[C@H]12. The molecule has 4 aliphatic rings. The highest BCUT2D eigenvalue weighted by molar-refractivity contribution is 7.89. The van der Waals surface area contributed by atoms with Crippen LogP contribution in [0, 0.1) is 11.8 Å². The van der Waals surface area contributed by atoms with Crippen LogP contribution in [-0.2, 0) is 24.4 Å². The molecule has 0 aromatic heterocycles. The Morgan fingerprint density at radius 2 is 1.66 bits per heavy atom. The van der Waals surface area contributed by atoms with Gasteiger partial charge in [0, 0.05) is 19.0 Å². The van der Waals surface area contributed by atoms with E-state index in [4.69, 9.17) is 0 Å². The summed E-state index contributed by atoms with van der Waals surface area (Å²) in [6.45, 7) is 2.50. The van der Waals surface area contributed by atoms with Crippen LogP contribution in [0.4, 0.5) is 0 Å². The van der Waals surface area contributed by atoms with Gasteiger partial charge in [-0.1, -0.05) is 37.3 Å². The van der Waals surface area contributed by atoms with Gasteiger partial charge in [0.2, 0.25) is 27.7 Å². The summed E-state index contributed by atoms with van der Waals surface area (Å²) in [4.78, 5) is 42.8. The quantitative estimate of drug-likeness (QED) is 0.607. The Morgan fingerprint density at radius 3 is 2.40 bits per heavy atom. The predicted molar refractivity (Wildman–Crippen MR) is 129 cm³/mol. The number of hydrogen-bond acceptors (Lipinski definition) is 5. The largest absolute Gasteiger partial charge is 0.335 e. The van der Waals surface area contributed by atoms with Crippen molar-refractivity contribution in [2.24, 2.45) is 11.8 Å². The van der Waals surface area contributed by atoms with Gasteiger partial charge in [0.15, 0.2) is 0 Å². The van der Waals surface area contributed by atoms with Crippen LogP contribution in [0.15, 0.2) is 47.4 Å². The third kappa shape index (κ3) is 3.50. The number of amides is 3. The molecule has 3 heterocycles. The van der Waals surface area contributed by atoms with Gasteiger partial charge < -0.3 is 4.90 Å². The van der Waals surface area contributed by atoms with E-state index in [1.165, 1.54) is 9.21 Å². The van der Waals surface area contributed by atoms with Crippen molar-refractivity contribution in [1.82, 2.24) is 14.1 Å². The molecular weight excluding hydrogens is 466 g/mol. The number of carbonyl (C=O) groups excluding carboxylic acids is 3. The molecule has 0 unspecified atom stereocenters. The first-order valence-electron chi connectivity index (χ1n) is 12.5. The van der Waals surface area contributed by atoms with Crippen molar-refractivity contribution in [3.05, 3.63) is 42.5 Å². The minimum Gasteiger partial charge on any atom is -0.335 e. The van der Waals surface area contributed by atoms with Crippen molar-refractivity contribution < 1.29 is 22.8 Å². The lowest BCUT2D eigenvalue weighted by molar-refractivity contribution is -0.146. The number of carbonyl (C=O) groups is 3. The number of imide groups is 1. The van der Waals surface area contributed by atoms with Gasteiger partial charge in [-0.2, -0.15) is 4.31 Å². The number of likely N-dealkylation sites (tertiary alicyclic amines) is 2. The maximum absolute atomic E-state index is 13.8. The molecule has 0 bridgehead atoms. The number of fused-ring (bicyclic) bond motifs is 2. The van der Waals surface area contributed by atoms with Crippen LogP contribution in [0.25, 0.3) is 10.8 Å². The topological polar surface area (TPSA) is 95.1 Å². The maximum Gasteiger partial charge on any atom is 0.243 e. The van der Waals surface area contributed by atoms with Crippen molar-refractivity contribution >= 4 is 38.5 Å². The van der Waals surface area contributed by atoms with E-state index in [9.17, 15) is 22.8 Å². The summed E-state index contributed by atoms with van der Waals surface area (Å²) in [6, 6.07) is 11.1. The summed E-state index contributed by atoms with van der Waals surface area (Å²) in [7, 11) is -3.87. The summed E-state index contributed by atoms with van der Waals surface area (Å²) in [5.41, 5.74) is 0. The van der Waals surface area contributed by atoms with E-state index in [1.54, 1.807) is 30.0 Å². The van der Waals surface area contributed by atoms with Crippen molar-refractivity contribution in [2.45, 2.75) is 62.0 Å². The second kappa shape index (κ2) is 8.13. The maximum atomic E-state index is 13.8. The van der Waals surface area contributed by atoms with E-state index in [-0.39, 0.29) is 47.2 Å².